The third-order valence-corrected chi connectivity index (χ3v) is 3.16. The molecule has 0 spiro atoms. The number of carbonyl (C=O) groups is 1. The van der Waals surface area contributed by atoms with E-state index in [0.717, 1.165) is 12.8 Å². The van der Waals surface area contributed by atoms with Crippen LogP contribution in [0.15, 0.2) is 0 Å². The molecule has 68 valence electrons. The van der Waals surface area contributed by atoms with Crippen LogP contribution in [0.25, 0.3) is 0 Å². The number of hydrogen-bond acceptors (Lipinski definition) is 2. The highest BCUT2D eigenvalue weighted by atomic mass is 16.5. The van der Waals surface area contributed by atoms with Crippen LogP contribution in [0.3, 0.4) is 0 Å². The van der Waals surface area contributed by atoms with E-state index in [1.807, 2.05) is 6.92 Å². The molecule has 1 heterocycles. The van der Waals surface area contributed by atoms with E-state index in [0.29, 0.717) is 5.92 Å². The van der Waals surface area contributed by atoms with E-state index >= 15 is 0 Å². The zero-order valence-corrected chi connectivity index (χ0v) is 7.58. The van der Waals surface area contributed by atoms with E-state index in [9.17, 15) is 4.79 Å². The van der Waals surface area contributed by atoms with Crippen LogP contribution in [-0.4, -0.2) is 12.1 Å². The fourth-order valence-corrected chi connectivity index (χ4v) is 2.56. The van der Waals surface area contributed by atoms with Crippen LogP contribution in [-0.2, 0) is 9.53 Å². The quantitative estimate of drug-likeness (QED) is 0.518. The average Bonchev–Trinajstić information content (AvgIpc) is 2.04. The molecule has 2 rings (SSSR count). The predicted molar refractivity (Wildman–Crippen MR) is 45.6 cm³/mol. The van der Waals surface area contributed by atoms with Crippen LogP contribution < -0.4 is 0 Å². The molecule has 0 bridgehead atoms. The largest absolute Gasteiger partial charge is 0.462 e. The van der Waals surface area contributed by atoms with Gasteiger partial charge < -0.3 is 4.74 Å². The van der Waals surface area contributed by atoms with Crippen molar-refractivity contribution in [3.8, 4) is 0 Å². The SMILES string of the molecule is C[C@H]1C[C@H]2CCCC[C@@H]2C(=O)O1. The van der Waals surface area contributed by atoms with E-state index in [2.05, 4.69) is 0 Å². The number of hydrogen-bond donors (Lipinski definition) is 0. The molecule has 0 aromatic carbocycles. The summed E-state index contributed by atoms with van der Waals surface area (Å²) in [4.78, 5) is 11.4. The minimum atomic E-state index is 0.0680. The Balaban J connectivity index is 2.06. The van der Waals surface area contributed by atoms with Gasteiger partial charge in [0.15, 0.2) is 0 Å². The molecule has 0 unspecified atom stereocenters. The van der Waals surface area contributed by atoms with Crippen LogP contribution in [0.2, 0.25) is 0 Å². The molecule has 1 saturated carbocycles. The zero-order chi connectivity index (χ0) is 8.55. The highest BCUT2D eigenvalue weighted by Crippen LogP contribution is 2.37. The molecule has 1 aliphatic carbocycles. The summed E-state index contributed by atoms with van der Waals surface area (Å²) in [6.07, 6.45) is 6.08. The third kappa shape index (κ3) is 1.35. The Hall–Kier alpha value is -0.530. The van der Waals surface area contributed by atoms with Gasteiger partial charge in [-0.3, -0.25) is 4.79 Å². The van der Waals surface area contributed by atoms with E-state index in [-0.39, 0.29) is 18.0 Å². The van der Waals surface area contributed by atoms with Gasteiger partial charge >= 0.3 is 5.97 Å². The maximum atomic E-state index is 11.4. The molecule has 0 amide bonds. The molecule has 0 radical (unpaired) electrons. The summed E-state index contributed by atoms with van der Waals surface area (Å²) in [6.45, 7) is 2.00. The summed E-state index contributed by atoms with van der Waals surface area (Å²) in [7, 11) is 0. The fourth-order valence-electron chi connectivity index (χ4n) is 2.56. The van der Waals surface area contributed by atoms with E-state index in [1.54, 1.807) is 0 Å². The smallest absolute Gasteiger partial charge is 0.309 e. The number of cyclic esters (lactones) is 1. The molecule has 1 saturated heterocycles. The van der Waals surface area contributed by atoms with Crippen molar-refractivity contribution in [3.05, 3.63) is 0 Å². The Kier molecular flexibility index (Phi) is 2.07. The zero-order valence-electron chi connectivity index (χ0n) is 7.58. The monoisotopic (exact) mass is 168 g/mol. The lowest BCUT2D eigenvalue weighted by molar-refractivity contribution is -0.165. The summed E-state index contributed by atoms with van der Waals surface area (Å²) in [6, 6.07) is 0. The lowest BCUT2D eigenvalue weighted by Gasteiger charge is -2.36. The lowest BCUT2D eigenvalue weighted by atomic mass is 9.75. The fraction of sp³-hybridized carbons (Fsp3) is 0.900. The molecule has 2 aliphatic rings. The number of esters is 1. The molecule has 12 heavy (non-hydrogen) atoms. The van der Waals surface area contributed by atoms with Crippen molar-refractivity contribution in [3.63, 3.8) is 0 Å². The summed E-state index contributed by atoms with van der Waals surface area (Å²) in [5.74, 6) is 0.948. The first kappa shape index (κ1) is 8.09. The van der Waals surface area contributed by atoms with E-state index in [4.69, 9.17) is 4.74 Å². The molecule has 3 atom stereocenters. The first-order valence-electron chi connectivity index (χ1n) is 4.98. The Bertz CT molecular complexity index is 188. The van der Waals surface area contributed by atoms with E-state index in [1.165, 1.54) is 19.3 Å². The van der Waals surface area contributed by atoms with Crippen LogP contribution in [0.4, 0.5) is 0 Å². The van der Waals surface area contributed by atoms with Gasteiger partial charge in [0.05, 0.1) is 12.0 Å². The van der Waals surface area contributed by atoms with Crippen molar-refractivity contribution in [2.75, 3.05) is 0 Å². The molecular weight excluding hydrogens is 152 g/mol. The minimum Gasteiger partial charge on any atom is -0.462 e. The number of fused-ring (bicyclic) bond motifs is 1. The second-order valence-corrected chi connectivity index (χ2v) is 4.13. The molecule has 1 aliphatic heterocycles. The van der Waals surface area contributed by atoms with Gasteiger partial charge in [0, 0.05) is 0 Å². The molecule has 0 aromatic heterocycles. The van der Waals surface area contributed by atoms with Gasteiger partial charge in [-0.15, -0.1) is 0 Å². The maximum Gasteiger partial charge on any atom is 0.309 e. The minimum absolute atomic E-state index is 0.0680. The second-order valence-electron chi connectivity index (χ2n) is 4.13. The summed E-state index contributed by atoms with van der Waals surface area (Å²) < 4.78 is 5.22. The van der Waals surface area contributed by atoms with Gasteiger partial charge in [0.25, 0.3) is 0 Å². The van der Waals surface area contributed by atoms with Crippen molar-refractivity contribution in [1.29, 1.82) is 0 Å². The Morgan fingerprint density at radius 2 is 2.08 bits per heavy atom. The standard InChI is InChI=1S/C10H16O2/c1-7-6-8-4-2-3-5-9(8)10(11)12-7/h7-9H,2-6H2,1H3/t7-,8+,9-/m0/s1. The van der Waals surface area contributed by atoms with Crippen LogP contribution in [0, 0.1) is 11.8 Å². The summed E-state index contributed by atoms with van der Waals surface area (Å²) in [5, 5.41) is 0. The third-order valence-electron chi connectivity index (χ3n) is 3.16. The molecule has 2 fully saturated rings. The highest BCUT2D eigenvalue weighted by Gasteiger charge is 2.37. The van der Waals surface area contributed by atoms with Gasteiger partial charge in [-0.1, -0.05) is 12.8 Å². The van der Waals surface area contributed by atoms with Crippen molar-refractivity contribution >= 4 is 5.97 Å². The Labute approximate surface area is 73.3 Å². The normalized spacial score (nSPS) is 41.8. The Morgan fingerprint density at radius 3 is 2.92 bits per heavy atom. The van der Waals surface area contributed by atoms with Gasteiger partial charge in [-0.25, -0.2) is 0 Å². The first-order valence-corrected chi connectivity index (χ1v) is 4.98. The molecule has 0 aromatic rings. The maximum absolute atomic E-state index is 11.4. The predicted octanol–water partition coefficient (Wildman–Crippen LogP) is 2.13. The van der Waals surface area contributed by atoms with Crippen molar-refractivity contribution in [1.82, 2.24) is 0 Å². The lowest BCUT2D eigenvalue weighted by Crippen LogP contribution is -2.38. The summed E-state index contributed by atoms with van der Waals surface area (Å²) in [5.41, 5.74) is 0. The topological polar surface area (TPSA) is 26.3 Å². The summed E-state index contributed by atoms with van der Waals surface area (Å²) >= 11 is 0. The van der Waals surface area contributed by atoms with Crippen molar-refractivity contribution in [2.45, 2.75) is 45.1 Å². The highest BCUT2D eigenvalue weighted by molar-refractivity contribution is 5.73. The van der Waals surface area contributed by atoms with Gasteiger partial charge in [-0.05, 0) is 32.1 Å². The van der Waals surface area contributed by atoms with Crippen LogP contribution in [0.1, 0.15) is 39.0 Å². The first-order chi connectivity index (χ1) is 5.77. The molecular formula is C10H16O2. The number of rotatable bonds is 0. The van der Waals surface area contributed by atoms with Crippen LogP contribution >= 0.6 is 0 Å². The van der Waals surface area contributed by atoms with Gasteiger partial charge in [0.1, 0.15) is 0 Å². The molecule has 0 N–H and O–H groups in total. The number of carbonyl (C=O) groups excluding carboxylic acids is 1. The van der Waals surface area contributed by atoms with Gasteiger partial charge in [0.2, 0.25) is 0 Å². The molecule has 2 nitrogen and oxygen atoms in total. The van der Waals surface area contributed by atoms with E-state index < -0.39 is 0 Å². The molecule has 2 heteroatoms. The second kappa shape index (κ2) is 3.08. The average molecular weight is 168 g/mol. The number of ether oxygens (including phenoxy) is 1. The van der Waals surface area contributed by atoms with Crippen molar-refractivity contribution in [2.24, 2.45) is 11.8 Å². The van der Waals surface area contributed by atoms with Crippen molar-refractivity contribution < 1.29 is 9.53 Å². The Morgan fingerprint density at radius 1 is 1.33 bits per heavy atom. The van der Waals surface area contributed by atoms with Crippen LogP contribution in [0.5, 0.6) is 0 Å². The van der Waals surface area contributed by atoms with Gasteiger partial charge in [-0.2, -0.15) is 0 Å².